The van der Waals surface area contributed by atoms with Crippen LogP contribution in [0.2, 0.25) is 0 Å². The van der Waals surface area contributed by atoms with Crippen LogP contribution in [0.3, 0.4) is 0 Å². The molecule has 1 aliphatic rings. The monoisotopic (exact) mass is 335 g/mol. The maximum Gasteiger partial charge on any atom is 0.0822 e. The highest BCUT2D eigenvalue weighted by Crippen LogP contribution is 2.25. The predicted molar refractivity (Wildman–Crippen MR) is 80.3 cm³/mol. The molecule has 0 aliphatic carbocycles. The van der Waals surface area contributed by atoms with E-state index in [1.165, 1.54) is 8.66 Å². The van der Waals surface area contributed by atoms with Crippen LogP contribution in [0.15, 0.2) is 15.9 Å². The lowest BCUT2D eigenvalue weighted by atomic mass is 10.1. The van der Waals surface area contributed by atoms with Crippen molar-refractivity contribution in [2.24, 2.45) is 0 Å². The smallest absolute Gasteiger partial charge is 0.0822 e. The molecule has 0 aromatic carbocycles. The van der Waals surface area contributed by atoms with E-state index in [0.29, 0.717) is 12.1 Å². The molecule has 2 rings (SSSR count). The first kappa shape index (κ1) is 13.9. The molecule has 17 heavy (non-hydrogen) atoms. The number of nitrogens with one attached hydrogen (secondary N) is 1. The van der Waals surface area contributed by atoms with Gasteiger partial charge in [-0.1, -0.05) is 6.92 Å². The normalized spacial score (nSPS) is 22.6. The van der Waals surface area contributed by atoms with E-state index in [1.807, 2.05) is 23.1 Å². The van der Waals surface area contributed by atoms with Crippen molar-refractivity contribution in [3.8, 4) is 0 Å². The van der Waals surface area contributed by atoms with Crippen molar-refractivity contribution in [2.45, 2.75) is 25.5 Å². The summed E-state index contributed by atoms with van der Waals surface area (Å²) in [5, 5.41) is 3.56. The highest BCUT2D eigenvalue weighted by atomic mass is 79.9. The van der Waals surface area contributed by atoms with Gasteiger partial charge in [0.1, 0.15) is 0 Å². The van der Waals surface area contributed by atoms with E-state index in [9.17, 15) is 0 Å². The maximum absolute atomic E-state index is 5.88. The van der Waals surface area contributed by atoms with E-state index in [0.717, 1.165) is 31.1 Å². The van der Waals surface area contributed by atoms with Gasteiger partial charge in [-0.25, -0.2) is 0 Å². The molecule has 1 aromatic heterocycles. The SMILES string of the molecule is CCNC(Cc1ccc(Br)s1)C1CSCCO1. The molecule has 0 bridgehead atoms. The minimum atomic E-state index is 0.356. The molecule has 0 saturated carbocycles. The van der Waals surface area contributed by atoms with Crippen molar-refractivity contribution >= 4 is 39.0 Å². The van der Waals surface area contributed by atoms with Crippen LogP contribution in [0, 0.1) is 0 Å². The van der Waals surface area contributed by atoms with Crippen molar-refractivity contribution in [1.29, 1.82) is 0 Å². The highest BCUT2D eigenvalue weighted by Gasteiger charge is 2.24. The van der Waals surface area contributed by atoms with E-state index in [4.69, 9.17) is 4.74 Å². The molecule has 96 valence electrons. The van der Waals surface area contributed by atoms with Gasteiger partial charge in [0.05, 0.1) is 16.5 Å². The molecule has 2 heterocycles. The second-order valence-corrected chi connectivity index (χ2v) is 7.76. The Labute approximate surface area is 120 Å². The van der Waals surface area contributed by atoms with Gasteiger partial charge in [-0.05, 0) is 41.0 Å². The number of ether oxygens (including phenoxy) is 1. The predicted octanol–water partition coefficient (Wildman–Crippen LogP) is 3.16. The van der Waals surface area contributed by atoms with Gasteiger partial charge in [-0.2, -0.15) is 11.8 Å². The summed E-state index contributed by atoms with van der Waals surface area (Å²) in [6, 6.07) is 4.77. The van der Waals surface area contributed by atoms with Crippen LogP contribution < -0.4 is 5.32 Å². The molecule has 1 aromatic rings. The largest absolute Gasteiger partial charge is 0.375 e. The number of hydrogen-bond donors (Lipinski definition) is 1. The second kappa shape index (κ2) is 7.14. The molecule has 5 heteroatoms. The molecule has 0 radical (unpaired) electrons. The first-order valence-corrected chi connectivity index (χ1v) is 8.73. The molecule has 1 fully saturated rings. The zero-order chi connectivity index (χ0) is 12.1. The summed E-state index contributed by atoms with van der Waals surface area (Å²) in [7, 11) is 0. The molecule has 1 saturated heterocycles. The minimum absolute atomic E-state index is 0.356. The molecule has 2 nitrogen and oxygen atoms in total. The molecular weight excluding hydrogens is 318 g/mol. The van der Waals surface area contributed by atoms with Gasteiger partial charge in [0.15, 0.2) is 0 Å². The van der Waals surface area contributed by atoms with Gasteiger partial charge in [-0.15, -0.1) is 11.3 Å². The van der Waals surface area contributed by atoms with E-state index in [2.05, 4.69) is 40.3 Å². The summed E-state index contributed by atoms with van der Waals surface area (Å²) < 4.78 is 7.09. The lowest BCUT2D eigenvalue weighted by molar-refractivity contribution is 0.0478. The fourth-order valence-corrected chi connectivity index (χ4v) is 4.50. The molecule has 1 N–H and O–H groups in total. The first-order chi connectivity index (χ1) is 8.29. The summed E-state index contributed by atoms with van der Waals surface area (Å²) in [6.45, 7) is 4.06. The molecule has 2 atom stereocenters. The number of hydrogen-bond acceptors (Lipinski definition) is 4. The fourth-order valence-electron chi connectivity index (χ4n) is 2.01. The van der Waals surface area contributed by atoms with Gasteiger partial charge in [-0.3, -0.25) is 0 Å². The van der Waals surface area contributed by atoms with Gasteiger partial charge in [0, 0.05) is 22.4 Å². The summed E-state index contributed by atoms with van der Waals surface area (Å²) in [5.41, 5.74) is 0. The van der Waals surface area contributed by atoms with Crippen LogP contribution in [-0.4, -0.2) is 36.8 Å². The van der Waals surface area contributed by atoms with Crippen LogP contribution >= 0.6 is 39.0 Å². The summed E-state index contributed by atoms with van der Waals surface area (Å²) in [6.07, 6.45) is 1.42. The van der Waals surface area contributed by atoms with Crippen molar-refractivity contribution in [1.82, 2.24) is 5.32 Å². The molecule has 2 unspecified atom stereocenters. The van der Waals surface area contributed by atoms with Crippen LogP contribution in [0.1, 0.15) is 11.8 Å². The van der Waals surface area contributed by atoms with E-state index in [1.54, 1.807) is 0 Å². The second-order valence-electron chi connectivity index (χ2n) is 4.06. The Morgan fingerprint density at radius 2 is 2.47 bits per heavy atom. The average molecular weight is 336 g/mol. The number of rotatable bonds is 5. The molecular formula is C12H18BrNOS2. The van der Waals surface area contributed by atoms with Crippen molar-refractivity contribution in [3.63, 3.8) is 0 Å². The van der Waals surface area contributed by atoms with Crippen molar-refractivity contribution in [2.75, 3.05) is 24.7 Å². The number of thioether (sulfide) groups is 1. The van der Waals surface area contributed by atoms with Crippen LogP contribution in [0.4, 0.5) is 0 Å². The fraction of sp³-hybridized carbons (Fsp3) is 0.667. The summed E-state index contributed by atoms with van der Waals surface area (Å²) >= 11 is 7.34. The Kier molecular flexibility index (Phi) is 5.83. The average Bonchev–Trinajstić information content (AvgIpc) is 2.75. The van der Waals surface area contributed by atoms with Crippen molar-refractivity contribution in [3.05, 3.63) is 20.8 Å². The standard InChI is InChI=1S/C12H18BrNOS2/c1-2-14-10(11-8-16-6-5-15-11)7-9-3-4-12(13)17-9/h3-4,10-11,14H,2,5-8H2,1H3. The van der Waals surface area contributed by atoms with Crippen LogP contribution in [-0.2, 0) is 11.2 Å². The van der Waals surface area contributed by atoms with Crippen LogP contribution in [0.5, 0.6) is 0 Å². The molecule has 1 aliphatic heterocycles. The third kappa shape index (κ3) is 4.24. The first-order valence-electron chi connectivity index (χ1n) is 5.96. The Hall–Kier alpha value is 0.450. The third-order valence-electron chi connectivity index (χ3n) is 2.81. The van der Waals surface area contributed by atoms with Gasteiger partial charge in [0.2, 0.25) is 0 Å². The Morgan fingerprint density at radius 3 is 3.06 bits per heavy atom. The molecule has 0 spiro atoms. The number of likely N-dealkylation sites (N-methyl/N-ethyl adjacent to an activating group) is 1. The Morgan fingerprint density at radius 1 is 1.59 bits per heavy atom. The summed E-state index contributed by atoms with van der Waals surface area (Å²) in [4.78, 5) is 1.42. The topological polar surface area (TPSA) is 21.3 Å². The maximum atomic E-state index is 5.88. The molecule has 0 amide bonds. The van der Waals surface area contributed by atoms with Gasteiger partial charge < -0.3 is 10.1 Å². The minimum Gasteiger partial charge on any atom is -0.375 e. The van der Waals surface area contributed by atoms with Crippen LogP contribution in [0.25, 0.3) is 0 Å². The van der Waals surface area contributed by atoms with E-state index >= 15 is 0 Å². The highest BCUT2D eigenvalue weighted by molar-refractivity contribution is 9.11. The Bertz CT molecular complexity index is 339. The number of thiophene rings is 1. The lowest BCUT2D eigenvalue weighted by Gasteiger charge is -2.30. The van der Waals surface area contributed by atoms with Gasteiger partial charge in [0.25, 0.3) is 0 Å². The third-order valence-corrected chi connectivity index (χ3v) is 5.47. The zero-order valence-corrected chi connectivity index (χ0v) is 13.2. The zero-order valence-electron chi connectivity index (χ0n) is 9.95. The lowest BCUT2D eigenvalue weighted by Crippen LogP contribution is -2.46. The van der Waals surface area contributed by atoms with Gasteiger partial charge >= 0.3 is 0 Å². The van der Waals surface area contributed by atoms with Crippen molar-refractivity contribution < 1.29 is 4.74 Å². The quantitative estimate of drug-likeness (QED) is 0.892. The number of halogens is 1. The van der Waals surface area contributed by atoms with E-state index < -0.39 is 0 Å². The summed E-state index contributed by atoms with van der Waals surface area (Å²) in [5.74, 6) is 2.25. The van der Waals surface area contributed by atoms with E-state index in [-0.39, 0.29) is 0 Å². The Balaban J connectivity index is 1.95.